The van der Waals surface area contributed by atoms with Crippen LogP contribution in [0.3, 0.4) is 0 Å². The maximum absolute atomic E-state index is 10.5. The maximum atomic E-state index is 10.5. The zero-order valence-corrected chi connectivity index (χ0v) is 7.54. The molecule has 0 aliphatic carbocycles. The number of carbonyl (C=O) groups excluding carboxylic acids is 2. The molecule has 0 amide bonds. The first-order chi connectivity index (χ1) is 5.70. The first-order valence-electron chi connectivity index (χ1n) is 3.65. The Morgan fingerprint density at radius 3 is 2.83 bits per heavy atom. The second kappa shape index (κ2) is 6.91. The highest BCUT2D eigenvalue weighted by Gasteiger charge is 2.10. The number of hydrogen-bond donors (Lipinski definition) is 0. The van der Waals surface area contributed by atoms with Crippen LogP contribution in [0.2, 0.25) is 0 Å². The zero-order chi connectivity index (χ0) is 9.40. The molecule has 0 aliphatic rings. The lowest BCUT2D eigenvalue weighted by atomic mass is 10.3. The molecular weight excluding hydrogens is 184 g/mol. The molecule has 0 saturated carbocycles. The molecule has 0 bridgehead atoms. The Bertz CT molecular complexity index is 148. The van der Waals surface area contributed by atoms with Gasteiger partial charge in [0.1, 0.15) is 0 Å². The van der Waals surface area contributed by atoms with E-state index in [0.717, 1.165) is 12.8 Å². The molecule has 5 heteroatoms. The summed E-state index contributed by atoms with van der Waals surface area (Å²) in [5.41, 5.74) is -0.711. The third-order valence-corrected chi connectivity index (χ3v) is 1.46. The molecule has 0 rings (SSSR count). The molecule has 0 heterocycles. The van der Waals surface area contributed by atoms with Crippen LogP contribution in [0.5, 0.6) is 0 Å². The number of carbonyl (C=O) groups is 2. The molecule has 1 unspecified atom stereocenters. The van der Waals surface area contributed by atoms with Crippen molar-refractivity contribution in [1.29, 1.82) is 0 Å². The van der Waals surface area contributed by atoms with Gasteiger partial charge >= 0.3 is 12.6 Å². The number of hydrogen-bond acceptors (Lipinski definition) is 4. The molecule has 0 aromatic rings. The van der Waals surface area contributed by atoms with Gasteiger partial charge in [-0.1, -0.05) is 24.9 Å². The summed E-state index contributed by atoms with van der Waals surface area (Å²) in [5, 5.41) is 0. The predicted molar refractivity (Wildman–Crippen MR) is 42.8 cm³/mol. The van der Waals surface area contributed by atoms with Gasteiger partial charge in [0.2, 0.25) is 0 Å². The summed E-state index contributed by atoms with van der Waals surface area (Å²) in [6, 6.07) is 0. The van der Waals surface area contributed by atoms with E-state index < -0.39 is 11.7 Å². The standard InChI is InChI=1S/C7H11ClO4/c1-2-3-4-6(8)12-7(10)11-5-9/h5-6H,2-4H2,1H3. The van der Waals surface area contributed by atoms with E-state index in [-0.39, 0.29) is 6.47 Å². The van der Waals surface area contributed by atoms with E-state index in [9.17, 15) is 9.59 Å². The first-order valence-corrected chi connectivity index (χ1v) is 4.09. The van der Waals surface area contributed by atoms with Gasteiger partial charge in [-0.2, -0.15) is 0 Å². The van der Waals surface area contributed by atoms with Crippen molar-refractivity contribution in [1.82, 2.24) is 0 Å². The van der Waals surface area contributed by atoms with E-state index in [4.69, 9.17) is 11.6 Å². The number of ether oxygens (including phenoxy) is 2. The van der Waals surface area contributed by atoms with Crippen LogP contribution in [0, 0.1) is 0 Å². The van der Waals surface area contributed by atoms with Crippen LogP contribution in [0.25, 0.3) is 0 Å². The van der Waals surface area contributed by atoms with Crippen molar-refractivity contribution in [2.24, 2.45) is 0 Å². The van der Waals surface area contributed by atoms with Crippen molar-refractivity contribution in [3.63, 3.8) is 0 Å². The van der Waals surface area contributed by atoms with Crippen LogP contribution in [-0.4, -0.2) is 18.2 Å². The summed E-state index contributed by atoms with van der Waals surface area (Å²) in [7, 11) is 0. The third kappa shape index (κ3) is 5.97. The molecule has 0 radical (unpaired) electrons. The minimum Gasteiger partial charge on any atom is -0.414 e. The molecule has 0 spiro atoms. The quantitative estimate of drug-likeness (QED) is 0.291. The highest BCUT2D eigenvalue weighted by atomic mass is 35.5. The maximum Gasteiger partial charge on any atom is 0.517 e. The van der Waals surface area contributed by atoms with E-state index in [0.29, 0.717) is 6.42 Å². The number of rotatable bonds is 5. The van der Waals surface area contributed by atoms with Gasteiger partial charge in [-0.25, -0.2) is 4.79 Å². The topological polar surface area (TPSA) is 52.6 Å². The highest BCUT2D eigenvalue weighted by molar-refractivity contribution is 6.20. The van der Waals surface area contributed by atoms with Crippen LogP contribution < -0.4 is 0 Å². The van der Waals surface area contributed by atoms with E-state index in [1.807, 2.05) is 6.92 Å². The molecular formula is C7H11ClO4. The minimum atomic E-state index is -1.05. The summed E-state index contributed by atoms with van der Waals surface area (Å²) >= 11 is 5.55. The lowest BCUT2D eigenvalue weighted by Crippen LogP contribution is -2.13. The summed E-state index contributed by atoms with van der Waals surface area (Å²) in [5.74, 6) is 0. The average molecular weight is 195 g/mol. The second-order valence-corrected chi connectivity index (χ2v) is 2.62. The van der Waals surface area contributed by atoms with E-state index in [1.165, 1.54) is 0 Å². The van der Waals surface area contributed by atoms with Crippen molar-refractivity contribution < 1.29 is 19.1 Å². The van der Waals surface area contributed by atoms with Crippen molar-refractivity contribution in [3.8, 4) is 0 Å². The highest BCUT2D eigenvalue weighted by Crippen LogP contribution is 2.09. The lowest BCUT2D eigenvalue weighted by Gasteiger charge is -2.07. The third-order valence-electron chi connectivity index (χ3n) is 1.15. The van der Waals surface area contributed by atoms with Gasteiger partial charge in [-0.05, 0) is 12.8 Å². The van der Waals surface area contributed by atoms with Gasteiger partial charge in [0.15, 0.2) is 5.56 Å². The zero-order valence-electron chi connectivity index (χ0n) is 6.79. The van der Waals surface area contributed by atoms with Crippen LogP contribution in [0.1, 0.15) is 26.2 Å². The normalized spacial score (nSPS) is 11.8. The van der Waals surface area contributed by atoms with Gasteiger partial charge in [0.25, 0.3) is 0 Å². The summed E-state index contributed by atoms with van der Waals surface area (Å²) in [6.07, 6.45) is 1.34. The molecule has 12 heavy (non-hydrogen) atoms. The molecule has 4 nitrogen and oxygen atoms in total. The van der Waals surface area contributed by atoms with Crippen LogP contribution in [0.4, 0.5) is 4.79 Å². The average Bonchev–Trinajstić information content (AvgIpc) is 2.01. The Morgan fingerprint density at radius 2 is 2.33 bits per heavy atom. The Balaban J connectivity index is 3.46. The van der Waals surface area contributed by atoms with Gasteiger partial charge in [-0.3, -0.25) is 4.79 Å². The van der Waals surface area contributed by atoms with Crippen LogP contribution in [-0.2, 0) is 14.3 Å². The Kier molecular flexibility index (Phi) is 6.47. The van der Waals surface area contributed by atoms with Crippen molar-refractivity contribution >= 4 is 24.2 Å². The van der Waals surface area contributed by atoms with E-state index in [1.54, 1.807) is 0 Å². The van der Waals surface area contributed by atoms with Crippen molar-refractivity contribution in [2.75, 3.05) is 0 Å². The molecule has 0 saturated heterocycles. The molecule has 1 atom stereocenters. The van der Waals surface area contributed by atoms with Gasteiger partial charge in [0.05, 0.1) is 0 Å². The summed E-state index contributed by atoms with van der Waals surface area (Å²) in [6.45, 7) is 2.00. The fourth-order valence-electron chi connectivity index (χ4n) is 0.595. The van der Waals surface area contributed by atoms with Crippen molar-refractivity contribution in [3.05, 3.63) is 0 Å². The molecule has 0 fully saturated rings. The second-order valence-electron chi connectivity index (χ2n) is 2.13. The van der Waals surface area contributed by atoms with Crippen molar-refractivity contribution in [2.45, 2.75) is 31.7 Å². The fourth-order valence-corrected chi connectivity index (χ4v) is 0.822. The summed E-state index contributed by atoms with van der Waals surface area (Å²) < 4.78 is 8.33. The fraction of sp³-hybridized carbons (Fsp3) is 0.714. The molecule has 0 N–H and O–H groups in total. The monoisotopic (exact) mass is 194 g/mol. The molecule has 0 aliphatic heterocycles. The predicted octanol–water partition coefficient (Wildman–Crippen LogP) is 2.05. The number of halogens is 1. The van der Waals surface area contributed by atoms with Gasteiger partial charge in [-0.15, -0.1) is 0 Å². The molecule has 70 valence electrons. The lowest BCUT2D eigenvalue weighted by molar-refractivity contribution is -0.125. The van der Waals surface area contributed by atoms with E-state index >= 15 is 0 Å². The Morgan fingerprint density at radius 1 is 1.67 bits per heavy atom. The Labute approximate surface area is 75.8 Å². The number of unbranched alkanes of at least 4 members (excludes halogenated alkanes) is 1. The van der Waals surface area contributed by atoms with Gasteiger partial charge in [0, 0.05) is 0 Å². The van der Waals surface area contributed by atoms with Crippen LogP contribution >= 0.6 is 11.6 Å². The van der Waals surface area contributed by atoms with E-state index in [2.05, 4.69) is 9.47 Å². The van der Waals surface area contributed by atoms with Crippen LogP contribution in [0.15, 0.2) is 0 Å². The summed E-state index contributed by atoms with van der Waals surface area (Å²) in [4.78, 5) is 20.1. The first kappa shape index (κ1) is 11.2. The smallest absolute Gasteiger partial charge is 0.414 e. The van der Waals surface area contributed by atoms with Gasteiger partial charge < -0.3 is 9.47 Å². The largest absolute Gasteiger partial charge is 0.517 e. The SMILES string of the molecule is CCCCC(Cl)OC(=O)OC=O. The minimum absolute atomic E-state index is 0.00572. The Hall–Kier alpha value is -0.770. The molecule has 0 aromatic carbocycles. The number of alkyl halides is 1. The molecule has 0 aromatic heterocycles.